The minimum Gasteiger partial charge on any atom is -0.326 e. The molecule has 2 atom stereocenters. The maximum Gasteiger partial charge on any atom is 0.246 e. The maximum absolute atomic E-state index is 13.4. The number of carbonyl (C=O) groups is 4. The van der Waals surface area contributed by atoms with Crippen molar-refractivity contribution in [2.75, 3.05) is 10.6 Å². The third-order valence-corrected chi connectivity index (χ3v) is 7.72. The van der Waals surface area contributed by atoms with E-state index in [9.17, 15) is 19.2 Å². The molecule has 3 aromatic rings. The number of carbonyl (C=O) groups excluding carboxylic acids is 4. The third kappa shape index (κ3) is 4.71. The van der Waals surface area contributed by atoms with Gasteiger partial charge in [0.25, 0.3) is 0 Å². The minimum absolute atomic E-state index is 0.0569. The minimum atomic E-state index is -0.797. The van der Waals surface area contributed by atoms with Crippen molar-refractivity contribution in [2.24, 2.45) is 5.41 Å². The van der Waals surface area contributed by atoms with Crippen molar-refractivity contribution in [1.82, 2.24) is 9.88 Å². The molecule has 2 aromatic carbocycles. The number of fused-ring (bicyclic) bond motifs is 3. The van der Waals surface area contributed by atoms with Gasteiger partial charge < -0.3 is 15.5 Å². The highest BCUT2D eigenvalue weighted by molar-refractivity contribution is 6.06. The van der Waals surface area contributed by atoms with Crippen LogP contribution in [0, 0.1) is 5.41 Å². The van der Waals surface area contributed by atoms with Gasteiger partial charge >= 0.3 is 0 Å². The van der Waals surface area contributed by atoms with Gasteiger partial charge in [-0.2, -0.15) is 0 Å². The second-order valence-electron chi connectivity index (χ2n) is 11.4. The van der Waals surface area contributed by atoms with E-state index < -0.39 is 16.9 Å². The van der Waals surface area contributed by atoms with E-state index in [1.807, 2.05) is 57.2 Å². The van der Waals surface area contributed by atoms with Crippen molar-refractivity contribution in [1.29, 1.82) is 0 Å². The number of nitrogens with zero attached hydrogens (tertiary/aromatic N) is 2. The van der Waals surface area contributed by atoms with E-state index >= 15 is 0 Å². The predicted molar refractivity (Wildman–Crippen MR) is 148 cm³/mol. The number of amides is 3. The van der Waals surface area contributed by atoms with Crippen LogP contribution >= 0.6 is 0 Å². The highest BCUT2D eigenvalue weighted by Crippen LogP contribution is 2.47. The molecular weight excluding hydrogens is 492 g/mol. The summed E-state index contributed by atoms with van der Waals surface area (Å²) in [4.78, 5) is 57.3. The Labute approximate surface area is 227 Å². The molecule has 1 spiro atoms. The lowest BCUT2D eigenvalue weighted by atomic mass is 9.79. The van der Waals surface area contributed by atoms with E-state index in [0.29, 0.717) is 35.5 Å². The summed E-state index contributed by atoms with van der Waals surface area (Å²) < 4.78 is 0. The Hall–Kier alpha value is -4.33. The van der Waals surface area contributed by atoms with Gasteiger partial charge in [-0.3, -0.25) is 19.2 Å². The lowest BCUT2D eigenvalue weighted by Crippen LogP contribution is -2.49. The first-order chi connectivity index (χ1) is 18.5. The van der Waals surface area contributed by atoms with Crippen molar-refractivity contribution in [2.45, 2.75) is 58.5 Å². The van der Waals surface area contributed by atoms with Gasteiger partial charge in [-0.05, 0) is 54.7 Å². The molecule has 1 aliphatic carbocycles. The fourth-order valence-electron chi connectivity index (χ4n) is 5.53. The molecule has 2 heterocycles. The molecular formula is C31H32N4O4. The SMILES string of the molecule is CC(C(=O)Nc1ccc2c(c1)CC1(C2)C(=O)Nc2ncccc21)N(Cc1ccccc1C=O)C(=O)C(C)(C)C. The van der Waals surface area contributed by atoms with Crippen molar-refractivity contribution < 1.29 is 19.2 Å². The van der Waals surface area contributed by atoms with Crippen molar-refractivity contribution in [3.05, 3.63) is 88.6 Å². The van der Waals surface area contributed by atoms with Gasteiger partial charge in [0.1, 0.15) is 18.1 Å². The Balaban J connectivity index is 1.37. The molecule has 0 fully saturated rings. The lowest BCUT2D eigenvalue weighted by molar-refractivity contribution is -0.145. The molecule has 200 valence electrons. The first-order valence-electron chi connectivity index (χ1n) is 13.1. The molecule has 8 nitrogen and oxygen atoms in total. The second kappa shape index (κ2) is 9.76. The number of benzene rings is 2. The molecule has 2 aliphatic rings. The van der Waals surface area contributed by atoms with Gasteiger partial charge in [0.2, 0.25) is 17.7 Å². The number of pyridine rings is 1. The van der Waals surface area contributed by atoms with E-state index in [1.54, 1.807) is 31.3 Å². The molecule has 39 heavy (non-hydrogen) atoms. The van der Waals surface area contributed by atoms with Crippen LogP contribution in [0.1, 0.15) is 60.3 Å². The van der Waals surface area contributed by atoms with Gasteiger partial charge in [-0.1, -0.05) is 57.2 Å². The summed E-state index contributed by atoms with van der Waals surface area (Å²) in [6.45, 7) is 7.25. The van der Waals surface area contributed by atoms with Crippen LogP contribution in [0.2, 0.25) is 0 Å². The number of aromatic nitrogens is 1. The zero-order valence-electron chi connectivity index (χ0n) is 22.6. The molecule has 0 bridgehead atoms. The highest BCUT2D eigenvalue weighted by Gasteiger charge is 2.51. The largest absolute Gasteiger partial charge is 0.326 e. The van der Waals surface area contributed by atoms with Crippen LogP contribution in [0.5, 0.6) is 0 Å². The standard InChI is InChI=1S/C31H32N4O4/c1-19(35(29(39)30(2,3)4)17-21-8-5-6-9-22(21)18-36)27(37)33-24-12-11-20-15-31(16-23(20)14-24)25-10-7-13-32-26(25)34-28(31)38/h5-14,18-19H,15-17H2,1-4H3,(H,33,37)(H,32,34,38). The van der Waals surface area contributed by atoms with Gasteiger partial charge in [-0.15, -0.1) is 0 Å². The van der Waals surface area contributed by atoms with E-state index in [1.165, 1.54) is 4.90 Å². The Morgan fingerprint density at radius 2 is 1.85 bits per heavy atom. The van der Waals surface area contributed by atoms with Crippen molar-refractivity contribution in [3.63, 3.8) is 0 Å². The van der Waals surface area contributed by atoms with E-state index in [-0.39, 0.29) is 24.3 Å². The Bertz CT molecular complexity index is 1490. The maximum atomic E-state index is 13.4. The normalized spacial score (nSPS) is 18.2. The summed E-state index contributed by atoms with van der Waals surface area (Å²) in [5.41, 5.74) is 3.30. The Morgan fingerprint density at radius 1 is 1.10 bits per heavy atom. The quantitative estimate of drug-likeness (QED) is 0.468. The molecule has 1 aliphatic heterocycles. The molecule has 0 saturated carbocycles. The van der Waals surface area contributed by atoms with Gasteiger partial charge in [-0.25, -0.2) is 4.98 Å². The van der Waals surface area contributed by atoms with Gasteiger partial charge in [0.15, 0.2) is 0 Å². The van der Waals surface area contributed by atoms with Crippen LogP contribution in [-0.4, -0.2) is 39.9 Å². The number of rotatable bonds is 6. The zero-order chi connectivity index (χ0) is 27.9. The van der Waals surface area contributed by atoms with Crippen LogP contribution in [0.25, 0.3) is 0 Å². The molecule has 5 rings (SSSR count). The van der Waals surface area contributed by atoms with Crippen LogP contribution in [0.3, 0.4) is 0 Å². The number of anilines is 2. The first kappa shape index (κ1) is 26.3. The summed E-state index contributed by atoms with van der Waals surface area (Å²) >= 11 is 0. The number of hydrogen-bond acceptors (Lipinski definition) is 5. The van der Waals surface area contributed by atoms with Crippen LogP contribution in [0.15, 0.2) is 60.8 Å². The van der Waals surface area contributed by atoms with Gasteiger partial charge in [0, 0.05) is 35.0 Å². The molecule has 1 aromatic heterocycles. The van der Waals surface area contributed by atoms with Crippen LogP contribution in [-0.2, 0) is 39.2 Å². The molecule has 0 saturated heterocycles. The summed E-state index contributed by atoms with van der Waals surface area (Å²) in [5, 5.41) is 5.88. The first-order valence-corrected chi connectivity index (χ1v) is 13.1. The number of nitrogens with one attached hydrogen (secondary N) is 2. The molecule has 3 amide bonds. The van der Waals surface area contributed by atoms with E-state index in [0.717, 1.165) is 23.0 Å². The van der Waals surface area contributed by atoms with E-state index in [4.69, 9.17) is 0 Å². The molecule has 0 radical (unpaired) electrons. The van der Waals surface area contributed by atoms with Crippen LogP contribution in [0.4, 0.5) is 11.5 Å². The topological polar surface area (TPSA) is 108 Å². The van der Waals surface area contributed by atoms with Crippen LogP contribution < -0.4 is 10.6 Å². The second-order valence-corrected chi connectivity index (χ2v) is 11.4. The fraction of sp³-hybridized carbons (Fsp3) is 0.323. The number of aldehydes is 1. The zero-order valence-corrected chi connectivity index (χ0v) is 22.6. The summed E-state index contributed by atoms with van der Waals surface area (Å²) in [7, 11) is 0. The average molecular weight is 525 g/mol. The summed E-state index contributed by atoms with van der Waals surface area (Å²) in [6.07, 6.45) is 3.52. The lowest BCUT2D eigenvalue weighted by Gasteiger charge is -2.34. The Kier molecular flexibility index (Phi) is 6.58. The monoisotopic (exact) mass is 524 g/mol. The third-order valence-electron chi connectivity index (χ3n) is 7.72. The highest BCUT2D eigenvalue weighted by atomic mass is 16.2. The fourth-order valence-corrected chi connectivity index (χ4v) is 5.53. The smallest absolute Gasteiger partial charge is 0.246 e. The summed E-state index contributed by atoms with van der Waals surface area (Å²) in [6, 6.07) is 15.7. The predicted octanol–water partition coefficient (Wildman–Crippen LogP) is 4.28. The van der Waals surface area contributed by atoms with Gasteiger partial charge in [0.05, 0.1) is 5.41 Å². The van der Waals surface area contributed by atoms with Crippen molar-refractivity contribution >= 4 is 35.5 Å². The van der Waals surface area contributed by atoms with E-state index in [2.05, 4.69) is 15.6 Å². The van der Waals surface area contributed by atoms with Crippen molar-refractivity contribution in [3.8, 4) is 0 Å². The number of hydrogen-bond donors (Lipinski definition) is 2. The average Bonchev–Trinajstić information content (AvgIpc) is 3.43. The summed E-state index contributed by atoms with van der Waals surface area (Å²) in [5.74, 6) is 0.0224. The molecule has 2 unspecified atom stereocenters. The molecule has 8 heteroatoms. The Morgan fingerprint density at radius 3 is 2.59 bits per heavy atom. The molecule has 2 N–H and O–H groups in total.